The fraction of sp³-hybridized carbons (Fsp3) is 0.714. The highest BCUT2D eigenvalue weighted by Gasteiger charge is 2.51. The van der Waals surface area contributed by atoms with Gasteiger partial charge in [-0.25, -0.2) is 9.68 Å². The Kier molecular flexibility index (Phi) is 5.67. The van der Waals surface area contributed by atoms with Gasteiger partial charge in [-0.3, -0.25) is 0 Å². The van der Waals surface area contributed by atoms with Crippen LogP contribution in [0.2, 0.25) is 0 Å². The fourth-order valence-electron chi connectivity index (χ4n) is 2.70. The SMILES string of the molecule is COCOc1c(N2OC(C)(C)C(C)(C)O2)cc(C)cc1C(C)(C)C(C)C. The topological polar surface area (TPSA) is 40.2 Å². The van der Waals surface area contributed by atoms with Crippen molar-refractivity contribution in [2.45, 2.75) is 78.9 Å². The number of anilines is 1. The summed E-state index contributed by atoms with van der Waals surface area (Å²) in [7, 11) is 1.62. The fourth-order valence-corrected chi connectivity index (χ4v) is 2.70. The molecule has 1 aromatic rings. The average molecular weight is 366 g/mol. The number of nitrogens with zero attached hydrogens (tertiary/aromatic N) is 1. The van der Waals surface area contributed by atoms with Gasteiger partial charge in [-0.2, -0.15) is 0 Å². The summed E-state index contributed by atoms with van der Waals surface area (Å²) >= 11 is 0. The van der Waals surface area contributed by atoms with Crippen LogP contribution in [0.25, 0.3) is 0 Å². The van der Waals surface area contributed by atoms with Crippen LogP contribution in [0.1, 0.15) is 66.5 Å². The smallest absolute Gasteiger partial charge is 0.188 e. The first kappa shape index (κ1) is 21.0. The highest BCUT2D eigenvalue weighted by Crippen LogP contribution is 2.47. The molecule has 0 aliphatic carbocycles. The molecule has 0 amide bonds. The first-order chi connectivity index (χ1) is 11.8. The molecule has 5 heteroatoms. The summed E-state index contributed by atoms with van der Waals surface area (Å²) < 4.78 is 11.2. The molecule has 0 spiro atoms. The van der Waals surface area contributed by atoms with E-state index in [1.165, 1.54) is 5.23 Å². The zero-order valence-electron chi connectivity index (χ0n) is 18.0. The molecule has 5 nitrogen and oxygen atoms in total. The van der Waals surface area contributed by atoms with Gasteiger partial charge >= 0.3 is 0 Å². The summed E-state index contributed by atoms with van der Waals surface area (Å²) in [5.41, 5.74) is 1.99. The minimum absolute atomic E-state index is 0.0887. The van der Waals surface area contributed by atoms with E-state index in [9.17, 15) is 0 Å². The van der Waals surface area contributed by atoms with Crippen molar-refractivity contribution in [2.24, 2.45) is 5.92 Å². The van der Waals surface area contributed by atoms with Crippen molar-refractivity contribution in [3.8, 4) is 5.75 Å². The van der Waals surface area contributed by atoms with E-state index in [0.717, 1.165) is 22.6 Å². The molecular formula is C21H35NO4. The maximum Gasteiger partial charge on any atom is 0.188 e. The Balaban J connectivity index is 2.61. The van der Waals surface area contributed by atoms with Gasteiger partial charge in [0.25, 0.3) is 0 Å². The van der Waals surface area contributed by atoms with E-state index < -0.39 is 11.2 Å². The second-order valence-electron chi connectivity index (χ2n) is 9.05. The molecule has 148 valence electrons. The van der Waals surface area contributed by atoms with Crippen molar-refractivity contribution < 1.29 is 19.1 Å². The average Bonchev–Trinajstić information content (AvgIpc) is 2.73. The Morgan fingerprint density at radius 3 is 2.08 bits per heavy atom. The number of hydrogen-bond acceptors (Lipinski definition) is 5. The van der Waals surface area contributed by atoms with Crippen LogP contribution in [-0.2, 0) is 19.8 Å². The van der Waals surface area contributed by atoms with E-state index in [1.807, 2.05) is 33.8 Å². The Morgan fingerprint density at radius 1 is 1.08 bits per heavy atom. The second kappa shape index (κ2) is 7.02. The van der Waals surface area contributed by atoms with Crippen LogP contribution in [0.15, 0.2) is 12.1 Å². The molecule has 0 unspecified atom stereocenters. The predicted molar refractivity (Wildman–Crippen MR) is 104 cm³/mol. The van der Waals surface area contributed by atoms with Crippen LogP contribution in [-0.4, -0.2) is 25.1 Å². The number of aryl methyl sites for hydroxylation is 1. The zero-order chi connectivity index (χ0) is 19.9. The van der Waals surface area contributed by atoms with Gasteiger partial charge in [0.15, 0.2) is 12.5 Å². The standard InChI is InChI=1S/C21H35NO4/c1-14(2)19(4,5)16-11-15(3)12-17(18(16)24-13-23-10)22-25-20(6,7)21(8,9)26-22/h11-12,14H,13H2,1-10H3. The molecule has 0 radical (unpaired) electrons. The summed E-state index contributed by atoms with van der Waals surface area (Å²) in [6, 6.07) is 4.21. The van der Waals surface area contributed by atoms with E-state index in [1.54, 1.807) is 7.11 Å². The van der Waals surface area contributed by atoms with Crippen molar-refractivity contribution in [2.75, 3.05) is 19.1 Å². The van der Waals surface area contributed by atoms with Crippen LogP contribution in [0.3, 0.4) is 0 Å². The molecule has 0 saturated carbocycles. The number of ether oxygens (including phenoxy) is 2. The maximum absolute atomic E-state index is 6.14. The summed E-state index contributed by atoms with van der Waals surface area (Å²) in [6.07, 6.45) is 0. The molecule has 0 N–H and O–H groups in total. The lowest BCUT2D eigenvalue weighted by Crippen LogP contribution is -2.41. The summed E-state index contributed by atoms with van der Waals surface area (Å²) in [5.74, 6) is 1.17. The molecule has 2 rings (SSSR count). The first-order valence-corrected chi connectivity index (χ1v) is 9.28. The van der Waals surface area contributed by atoms with Crippen LogP contribution < -0.4 is 9.96 Å². The lowest BCUT2D eigenvalue weighted by Gasteiger charge is -2.33. The van der Waals surface area contributed by atoms with Gasteiger partial charge < -0.3 is 9.47 Å². The molecule has 1 heterocycles. The highest BCUT2D eigenvalue weighted by atomic mass is 17.0. The van der Waals surface area contributed by atoms with Gasteiger partial charge in [0.2, 0.25) is 0 Å². The van der Waals surface area contributed by atoms with E-state index >= 15 is 0 Å². The van der Waals surface area contributed by atoms with Crippen LogP contribution in [0, 0.1) is 12.8 Å². The highest BCUT2D eigenvalue weighted by molar-refractivity contribution is 5.63. The van der Waals surface area contributed by atoms with Crippen molar-refractivity contribution in [1.29, 1.82) is 0 Å². The van der Waals surface area contributed by atoms with Gasteiger partial charge in [0, 0.05) is 12.7 Å². The number of rotatable bonds is 6. The lowest BCUT2D eigenvalue weighted by atomic mass is 9.74. The lowest BCUT2D eigenvalue weighted by molar-refractivity contribution is -0.0300. The molecule has 0 bridgehead atoms. The third-order valence-corrected chi connectivity index (χ3v) is 5.94. The van der Waals surface area contributed by atoms with Crippen LogP contribution >= 0.6 is 0 Å². The summed E-state index contributed by atoms with van der Waals surface area (Å²) in [5, 5.41) is 1.51. The summed E-state index contributed by atoms with van der Waals surface area (Å²) in [4.78, 5) is 12.3. The number of benzene rings is 1. The van der Waals surface area contributed by atoms with Gasteiger partial charge in [-0.1, -0.05) is 33.8 Å². The molecule has 1 saturated heterocycles. The summed E-state index contributed by atoms with van der Waals surface area (Å²) in [6.45, 7) is 19.2. The Bertz CT molecular complexity index is 634. The first-order valence-electron chi connectivity index (χ1n) is 9.28. The second-order valence-corrected chi connectivity index (χ2v) is 9.05. The molecule has 0 aromatic heterocycles. The molecule has 1 aromatic carbocycles. The van der Waals surface area contributed by atoms with Gasteiger partial charge in [0.05, 0.1) is 0 Å². The molecule has 0 atom stereocenters. The molecule has 1 aliphatic rings. The quantitative estimate of drug-likeness (QED) is 0.652. The largest absolute Gasteiger partial charge is 0.465 e. The Labute approximate surface area is 158 Å². The van der Waals surface area contributed by atoms with Crippen LogP contribution in [0.5, 0.6) is 5.75 Å². The number of hydrogen-bond donors (Lipinski definition) is 0. The van der Waals surface area contributed by atoms with Gasteiger partial charge in [-0.15, -0.1) is 5.23 Å². The van der Waals surface area contributed by atoms with E-state index in [-0.39, 0.29) is 12.2 Å². The van der Waals surface area contributed by atoms with Crippen molar-refractivity contribution in [3.63, 3.8) is 0 Å². The monoisotopic (exact) mass is 365 g/mol. The minimum Gasteiger partial charge on any atom is -0.465 e. The van der Waals surface area contributed by atoms with Crippen molar-refractivity contribution in [1.82, 2.24) is 0 Å². The molecular weight excluding hydrogens is 330 g/mol. The predicted octanol–water partition coefficient (Wildman–Crippen LogP) is 5.15. The number of methoxy groups -OCH3 is 1. The van der Waals surface area contributed by atoms with Crippen molar-refractivity contribution in [3.05, 3.63) is 23.3 Å². The third-order valence-electron chi connectivity index (χ3n) is 5.94. The van der Waals surface area contributed by atoms with E-state index in [2.05, 4.69) is 40.7 Å². The molecule has 1 aliphatic heterocycles. The maximum atomic E-state index is 6.14. The van der Waals surface area contributed by atoms with Gasteiger partial charge in [0.1, 0.15) is 16.9 Å². The van der Waals surface area contributed by atoms with E-state index in [0.29, 0.717) is 5.92 Å². The molecule has 1 fully saturated rings. The normalized spacial score (nSPS) is 19.3. The third kappa shape index (κ3) is 3.71. The molecule has 26 heavy (non-hydrogen) atoms. The zero-order valence-corrected chi connectivity index (χ0v) is 18.0. The minimum atomic E-state index is -0.469. The Hall–Kier alpha value is -1.30. The van der Waals surface area contributed by atoms with Crippen molar-refractivity contribution >= 4 is 5.69 Å². The van der Waals surface area contributed by atoms with E-state index in [4.69, 9.17) is 19.1 Å². The van der Waals surface area contributed by atoms with Crippen LogP contribution in [0.4, 0.5) is 5.69 Å². The van der Waals surface area contributed by atoms with Gasteiger partial charge in [-0.05, 0) is 57.6 Å². The Morgan fingerprint density at radius 2 is 1.62 bits per heavy atom.